The van der Waals surface area contributed by atoms with Gasteiger partial charge in [0.05, 0.1) is 13.2 Å². The topological polar surface area (TPSA) is 21.3 Å². The fourth-order valence-electron chi connectivity index (χ4n) is 1.18. The highest BCUT2D eigenvalue weighted by atomic mass is 32.1. The predicted molar refractivity (Wildman–Crippen MR) is 66.4 cm³/mol. The highest BCUT2D eigenvalue weighted by Gasteiger charge is 1.95. The molecule has 2 nitrogen and oxygen atoms in total. The maximum atomic E-state index is 5.37. The molecule has 1 N–H and O–H groups in total. The summed E-state index contributed by atoms with van der Waals surface area (Å²) in [6.07, 6.45) is 4.02. The first-order valence-electron chi connectivity index (χ1n) is 5.28. The molecule has 0 spiro atoms. The van der Waals surface area contributed by atoms with Crippen molar-refractivity contribution >= 4 is 11.3 Å². The van der Waals surface area contributed by atoms with Gasteiger partial charge in [-0.05, 0) is 26.0 Å². The number of hydrogen-bond donors (Lipinski definition) is 1. The lowest BCUT2D eigenvalue weighted by Crippen LogP contribution is -2.18. The summed E-state index contributed by atoms with van der Waals surface area (Å²) < 4.78 is 5.37. The molecule has 0 amide bonds. The van der Waals surface area contributed by atoms with Crippen LogP contribution in [0.2, 0.25) is 0 Å². The van der Waals surface area contributed by atoms with Crippen molar-refractivity contribution in [1.29, 1.82) is 0 Å². The van der Waals surface area contributed by atoms with Crippen LogP contribution in [-0.2, 0) is 11.3 Å². The monoisotopic (exact) mass is 225 g/mol. The molecule has 0 aromatic carbocycles. The molecular formula is C12H19NOS. The standard InChI is InChI=1S/C12H19NOS/c1-3-4-8-14-9-7-13-10-12-6-5-11(2)15-12/h3-6,13H,7-10H2,1-2H3. The number of nitrogens with one attached hydrogen (secondary N) is 1. The Morgan fingerprint density at radius 2 is 2.33 bits per heavy atom. The van der Waals surface area contributed by atoms with E-state index < -0.39 is 0 Å². The van der Waals surface area contributed by atoms with E-state index in [1.807, 2.05) is 30.4 Å². The molecule has 0 bridgehead atoms. The normalized spacial score (nSPS) is 11.3. The van der Waals surface area contributed by atoms with E-state index >= 15 is 0 Å². The van der Waals surface area contributed by atoms with Gasteiger partial charge < -0.3 is 10.1 Å². The molecule has 0 aliphatic carbocycles. The third-order valence-electron chi connectivity index (χ3n) is 1.97. The van der Waals surface area contributed by atoms with Crippen molar-refractivity contribution in [1.82, 2.24) is 5.32 Å². The third-order valence-corrected chi connectivity index (χ3v) is 2.97. The smallest absolute Gasteiger partial charge is 0.0647 e. The van der Waals surface area contributed by atoms with Crippen LogP contribution < -0.4 is 5.32 Å². The number of hydrogen-bond acceptors (Lipinski definition) is 3. The number of ether oxygens (including phenoxy) is 1. The van der Waals surface area contributed by atoms with Crippen LogP contribution >= 0.6 is 11.3 Å². The van der Waals surface area contributed by atoms with Crippen molar-refractivity contribution in [2.45, 2.75) is 20.4 Å². The van der Waals surface area contributed by atoms with Crippen LogP contribution in [0.5, 0.6) is 0 Å². The molecule has 1 rings (SSSR count). The van der Waals surface area contributed by atoms with Crippen molar-refractivity contribution < 1.29 is 4.74 Å². The van der Waals surface area contributed by atoms with Crippen molar-refractivity contribution in [3.05, 3.63) is 34.0 Å². The van der Waals surface area contributed by atoms with Gasteiger partial charge in [0, 0.05) is 22.8 Å². The average Bonchev–Trinajstić information content (AvgIpc) is 2.63. The van der Waals surface area contributed by atoms with Gasteiger partial charge in [-0.15, -0.1) is 11.3 Å². The molecule has 0 atom stereocenters. The molecule has 15 heavy (non-hydrogen) atoms. The molecule has 0 radical (unpaired) electrons. The summed E-state index contributed by atoms with van der Waals surface area (Å²) in [5.41, 5.74) is 0. The largest absolute Gasteiger partial charge is 0.376 e. The summed E-state index contributed by atoms with van der Waals surface area (Å²) in [4.78, 5) is 2.76. The fraction of sp³-hybridized carbons (Fsp3) is 0.500. The summed E-state index contributed by atoms with van der Waals surface area (Å²) in [5, 5.41) is 3.35. The first-order chi connectivity index (χ1) is 7.33. The minimum Gasteiger partial charge on any atom is -0.376 e. The Bertz CT molecular complexity index is 294. The molecular weight excluding hydrogens is 206 g/mol. The minimum absolute atomic E-state index is 0.719. The lowest BCUT2D eigenvalue weighted by molar-refractivity contribution is 0.163. The van der Waals surface area contributed by atoms with Crippen molar-refractivity contribution in [2.75, 3.05) is 19.8 Å². The number of allylic oxidation sites excluding steroid dienone is 1. The molecule has 0 saturated carbocycles. The summed E-state index contributed by atoms with van der Waals surface area (Å²) in [6, 6.07) is 4.33. The second-order valence-electron chi connectivity index (χ2n) is 3.33. The summed E-state index contributed by atoms with van der Waals surface area (Å²) in [5.74, 6) is 0. The zero-order chi connectivity index (χ0) is 10.9. The van der Waals surface area contributed by atoms with Crippen molar-refractivity contribution in [3.8, 4) is 0 Å². The molecule has 1 aromatic rings. The Morgan fingerprint density at radius 1 is 1.47 bits per heavy atom. The zero-order valence-electron chi connectivity index (χ0n) is 9.45. The second kappa shape index (κ2) is 7.63. The van der Waals surface area contributed by atoms with Gasteiger partial charge in [-0.3, -0.25) is 0 Å². The molecule has 1 heterocycles. The molecule has 0 aliphatic heterocycles. The Morgan fingerprint density at radius 3 is 3.00 bits per heavy atom. The fourth-order valence-corrected chi connectivity index (χ4v) is 2.04. The average molecular weight is 225 g/mol. The van der Waals surface area contributed by atoms with Gasteiger partial charge in [-0.1, -0.05) is 12.2 Å². The van der Waals surface area contributed by atoms with Crippen LogP contribution in [0.1, 0.15) is 16.7 Å². The van der Waals surface area contributed by atoms with Gasteiger partial charge in [0.15, 0.2) is 0 Å². The van der Waals surface area contributed by atoms with E-state index in [9.17, 15) is 0 Å². The highest BCUT2D eigenvalue weighted by Crippen LogP contribution is 2.14. The molecule has 0 saturated heterocycles. The van der Waals surface area contributed by atoms with Gasteiger partial charge in [-0.2, -0.15) is 0 Å². The van der Waals surface area contributed by atoms with Crippen LogP contribution in [-0.4, -0.2) is 19.8 Å². The minimum atomic E-state index is 0.719. The van der Waals surface area contributed by atoms with E-state index in [-0.39, 0.29) is 0 Å². The van der Waals surface area contributed by atoms with E-state index in [0.717, 1.165) is 26.3 Å². The van der Waals surface area contributed by atoms with Crippen molar-refractivity contribution in [2.24, 2.45) is 0 Å². The van der Waals surface area contributed by atoms with Crippen LogP contribution in [0, 0.1) is 6.92 Å². The predicted octanol–water partition coefficient (Wildman–Crippen LogP) is 2.74. The number of aryl methyl sites for hydroxylation is 1. The number of rotatable bonds is 7. The SMILES string of the molecule is CC=CCOCCNCc1ccc(C)s1. The first kappa shape index (κ1) is 12.4. The second-order valence-corrected chi connectivity index (χ2v) is 4.71. The van der Waals surface area contributed by atoms with E-state index in [4.69, 9.17) is 4.74 Å². The molecule has 3 heteroatoms. The van der Waals surface area contributed by atoms with Crippen molar-refractivity contribution in [3.63, 3.8) is 0 Å². The maximum absolute atomic E-state index is 5.37. The molecule has 84 valence electrons. The van der Waals surface area contributed by atoms with E-state index in [0.29, 0.717) is 0 Å². The Hall–Kier alpha value is -0.640. The van der Waals surface area contributed by atoms with Gasteiger partial charge in [0.25, 0.3) is 0 Å². The molecule has 0 unspecified atom stereocenters. The summed E-state index contributed by atoms with van der Waals surface area (Å²) in [6.45, 7) is 7.49. The molecule has 1 aromatic heterocycles. The Kier molecular flexibility index (Phi) is 6.32. The summed E-state index contributed by atoms with van der Waals surface area (Å²) >= 11 is 1.85. The quantitative estimate of drug-likeness (QED) is 0.569. The van der Waals surface area contributed by atoms with Crippen LogP contribution in [0.25, 0.3) is 0 Å². The van der Waals surface area contributed by atoms with Gasteiger partial charge in [-0.25, -0.2) is 0 Å². The lowest BCUT2D eigenvalue weighted by Gasteiger charge is -2.02. The van der Waals surface area contributed by atoms with E-state index in [2.05, 4.69) is 24.4 Å². The van der Waals surface area contributed by atoms with Gasteiger partial charge in [0.1, 0.15) is 0 Å². The highest BCUT2D eigenvalue weighted by molar-refractivity contribution is 7.11. The van der Waals surface area contributed by atoms with Gasteiger partial charge in [0.2, 0.25) is 0 Å². The Balaban J connectivity index is 1.97. The Labute approximate surface area is 96.0 Å². The molecule has 0 aliphatic rings. The lowest BCUT2D eigenvalue weighted by atomic mass is 10.4. The molecule has 0 fully saturated rings. The summed E-state index contributed by atoms with van der Waals surface area (Å²) in [7, 11) is 0. The maximum Gasteiger partial charge on any atom is 0.0647 e. The van der Waals surface area contributed by atoms with Crippen LogP contribution in [0.15, 0.2) is 24.3 Å². The van der Waals surface area contributed by atoms with E-state index in [1.54, 1.807) is 0 Å². The number of thiophene rings is 1. The van der Waals surface area contributed by atoms with E-state index in [1.165, 1.54) is 9.75 Å². The van der Waals surface area contributed by atoms with Gasteiger partial charge >= 0.3 is 0 Å². The zero-order valence-corrected chi connectivity index (χ0v) is 10.3. The van der Waals surface area contributed by atoms with Crippen LogP contribution in [0.3, 0.4) is 0 Å². The third kappa shape index (κ3) is 5.72. The first-order valence-corrected chi connectivity index (χ1v) is 6.09. The van der Waals surface area contributed by atoms with Crippen LogP contribution in [0.4, 0.5) is 0 Å².